The summed E-state index contributed by atoms with van der Waals surface area (Å²) in [7, 11) is 0. The number of carbonyl (C=O) groups excluding carboxylic acids is 1. The van der Waals surface area contributed by atoms with Gasteiger partial charge < -0.3 is 0 Å². The van der Waals surface area contributed by atoms with Gasteiger partial charge in [-0.1, -0.05) is 37.1 Å². The van der Waals surface area contributed by atoms with E-state index in [1.165, 1.54) is 9.08 Å². The lowest BCUT2D eigenvalue weighted by Crippen LogP contribution is -2.30. The molecule has 2 aromatic carbocycles. The van der Waals surface area contributed by atoms with E-state index in [1.807, 2.05) is 24.3 Å². The Bertz CT molecular complexity index is 1230. The lowest BCUT2D eigenvalue weighted by atomic mass is 10.1. The number of aryl methyl sites for hydroxylation is 1. The van der Waals surface area contributed by atoms with Crippen LogP contribution in [0.1, 0.15) is 35.9 Å². The molecule has 4 rings (SSSR count). The van der Waals surface area contributed by atoms with Gasteiger partial charge >= 0.3 is 5.69 Å². The van der Waals surface area contributed by atoms with Gasteiger partial charge in [-0.2, -0.15) is 4.52 Å². The van der Waals surface area contributed by atoms with E-state index < -0.39 is 0 Å². The smallest absolute Gasteiger partial charge is 0.292 e. The van der Waals surface area contributed by atoms with Crippen molar-refractivity contribution >= 4 is 33.9 Å². The normalized spacial score (nSPS) is 11.4. The first-order valence-electron chi connectivity index (χ1n) is 9.24. The van der Waals surface area contributed by atoms with Crippen LogP contribution in [0.15, 0.2) is 53.3 Å². The summed E-state index contributed by atoms with van der Waals surface area (Å²) in [6.07, 6.45) is 2.70. The quantitative estimate of drug-likeness (QED) is 0.465. The van der Waals surface area contributed by atoms with E-state index in [0.29, 0.717) is 27.6 Å². The van der Waals surface area contributed by atoms with Crippen molar-refractivity contribution in [2.75, 3.05) is 0 Å². The molecular weight excluding hydrogens is 376 g/mol. The number of nitrogens with zero attached hydrogens (tertiary/aromatic N) is 4. The Kier molecular flexibility index (Phi) is 4.96. The number of carbonyl (C=O) groups is 1. The first-order valence-corrected chi connectivity index (χ1v) is 9.62. The molecule has 0 unspecified atom stereocenters. The molecule has 0 aliphatic carbocycles. The lowest BCUT2D eigenvalue weighted by molar-refractivity contribution is 0.0971. The second-order valence-electron chi connectivity index (χ2n) is 6.68. The number of aromatic nitrogens is 4. The van der Waals surface area contributed by atoms with Crippen molar-refractivity contribution in [3.8, 4) is 0 Å². The Hall–Kier alpha value is -2.99. The van der Waals surface area contributed by atoms with Crippen molar-refractivity contribution in [3.63, 3.8) is 0 Å². The van der Waals surface area contributed by atoms with Gasteiger partial charge in [-0.05, 0) is 42.8 Å². The molecule has 0 saturated heterocycles. The highest BCUT2D eigenvalue weighted by Crippen LogP contribution is 2.18. The predicted molar refractivity (Wildman–Crippen MR) is 109 cm³/mol. The number of hydrogen-bond acceptors (Lipinski definition) is 4. The van der Waals surface area contributed by atoms with E-state index in [9.17, 15) is 9.59 Å². The molecule has 0 amide bonds. The number of Topliss-reactive ketones (excluding diaryl/α,β-unsaturated/α-hetero) is 1. The van der Waals surface area contributed by atoms with Gasteiger partial charge in [0.05, 0.1) is 12.1 Å². The number of benzene rings is 2. The minimum Gasteiger partial charge on any atom is -0.292 e. The van der Waals surface area contributed by atoms with E-state index in [0.717, 1.165) is 24.6 Å². The molecule has 0 aliphatic heterocycles. The number of halogens is 1. The highest BCUT2D eigenvalue weighted by Gasteiger charge is 2.17. The third kappa shape index (κ3) is 3.31. The standard InChI is InChI=1S/C21H19ClN4O2/c1-2-3-8-19-23-20-16-6-4-5-7-17(16)25(21(28)26(20)24-19)13-18(27)14-9-11-15(22)12-10-14/h4-7,9-12H,2-3,8,13H2,1H3. The molecule has 0 bridgehead atoms. The van der Waals surface area contributed by atoms with E-state index in [1.54, 1.807) is 24.3 Å². The summed E-state index contributed by atoms with van der Waals surface area (Å²) < 4.78 is 2.76. The Balaban J connectivity index is 1.84. The number of fused-ring (bicyclic) bond motifs is 3. The van der Waals surface area contributed by atoms with Crippen LogP contribution in [0.4, 0.5) is 0 Å². The van der Waals surface area contributed by atoms with Crippen LogP contribution in [-0.2, 0) is 13.0 Å². The maximum atomic E-state index is 13.1. The number of unbranched alkanes of at least 4 members (excludes halogenated alkanes) is 1. The Morgan fingerprint density at radius 1 is 1.11 bits per heavy atom. The average Bonchev–Trinajstić information content (AvgIpc) is 3.14. The molecule has 142 valence electrons. The van der Waals surface area contributed by atoms with Crippen LogP contribution in [0, 0.1) is 0 Å². The fourth-order valence-corrected chi connectivity index (χ4v) is 3.37. The van der Waals surface area contributed by atoms with Crippen LogP contribution in [0.5, 0.6) is 0 Å². The zero-order chi connectivity index (χ0) is 19.7. The number of hydrogen-bond donors (Lipinski definition) is 0. The molecule has 0 spiro atoms. The Morgan fingerprint density at radius 2 is 1.86 bits per heavy atom. The molecular formula is C21H19ClN4O2. The monoisotopic (exact) mass is 394 g/mol. The Morgan fingerprint density at radius 3 is 2.61 bits per heavy atom. The highest BCUT2D eigenvalue weighted by molar-refractivity contribution is 6.30. The summed E-state index contributed by atoms with van der Waals surface area (Å²) in [5, 5.41) is 5.75. The zero-order valence-electron chi connectivity index (χ0n) is 15.4. The molecule has 0 atom stereocenters. The fraction of sp³-hybridized carbons (Fsp3) is 0.238. The largest absolute Gasteiger partial charge is 0.351 e. The molecule has 0 radical (unpaired) electrons. The molecule has 0 N–H and O–H groups in total. The minimum absolute atomic E-state index is 0.0823. The second-order valence-corrected chi connectivity index (χ2v) is 7.12. The van der Waals surface area contributed by atoms with Gasteiger partial charge in [0.25, 0.3) is 0 Å². The van der Waals surface area contributed by atoms with Crippen LogP contribution >= 0.6 is 11.6 Å². The third-order valence-corrected chi connectivity index (χ3v) is 4.97. The molecule has 28 heavy (non-hydrogen) atoms. The number of para-hydroxylation sites is 1. The average molecular weight is 395 g/mol. The van der Waals surface area contributed by atoms with E-state index in [2.05, 4.69) is 17.0 Å². The second kappa shape index (κ2) is 7.56. The molecule has 2 aromatic heterocycles. The first kappa shape index (κ1) is 18.4. The minimum atomic E-state index is -0.369. The van der Waals surface area contributed by atoms with Crippen LogP contribution in [-0.4, -0.2) is 24.9 Å². The maximum Gasteiger partial charge on any atom is 0.351 e. The predicted octanol–water partition coefficient (Wildman–Crippen LogP) is 3.92. The van der Waals surface area contributed by atoms with Crippen LogP contribution in [0.3, 0.4) is 0 Å². The number of rotatable bonds is 6. The first-order chi connectivity index (χ1) is 13.6. The molecule has 0 fully saturated rings. The zero-order valence-corrected chi connectivity index (χ0v) is 16.2. The molecule has 0 saturated carbocycles. The van der Waals surface area contributed by atoms with Crippen LogP contribution in [0.2, 0.25) is 5.02 Å². The SMILES string of the molecule is CCCCc1nc2c3ccccc3n(CC(=O)c3ccc(Cl)cc3)c(=O)n2n1. The third-order valence-electron chi connectivity index (χ3n) is 4.72. The lowest BCUT2D eigenvalue weighted by Gasteiger charge is -2.10. The van der Waals surface area contributed by atoms with Crippen molar-refractivity contribution in [3.05, 3.63) is 75.4 Å². The summed E-state index contributed by atoms with van der Waals surface area (Å²) in [4.78, 5) is 30.4. The van der Waals surface area contributed by atoms with Gasteiger partial charge in [0.2, 0.25) is 0 Å². The van der Waals surface area contributed by atoms with E-state index in [4.69, 9.17) is 11.6 Å². The van der Waals surface area contributed by atoms with E-state index >= 15 is 0 Å². The summed E-state index contributed by atoms with van der Waals surface area (Å²) >= 11 is 5.90. The van der Waals surface area contributed by atoms with Crippen molar-refractivity contribution in [2.45, 2.75) is 32.7 Å². The van der Waals surface area contributed by atoms with Crippen molar-refractivity contribution < 1.29 is 4.79 Å². The topological polar surface area (TPSA) is 69.3 Å². The van der Waals surface area contributed by atoms with E-state index in [-0.39, 0.29) is 18.0 Å². The van der Waals surface area contributed by atoms with Crippen molar-refractivity contribution in [1.29, 1.82) is 0 Å². The molecule has 0 aliphatic rings. The summed E-state index contributed by atoms with van der Waals surface area (Å²) in [5.41, 5.74) is 1.33. The molecule has 2 heterocycles. The van der Waals surface area contributed by atoms with Crippen LogP contribution < -0.4 is 5.69 Å². The fourth-order valence-electron chi connectivity index (χ4n) is 3.24. The van der Waals surface area contributed by atoms with Gasteiger partial charge in [0, 0.05) is 22.4 Å². The molecule has 7 heteroatoms. The molecule has 4 aromatic rings. The highest BCUT2D eigenvalue weighted by atomic mass is 35.5. The summed E-state index contributed by atoms with van der Waals surface area (Å²) in [6.45, 7) is 2.02. The summed E-state index contributed by atoms with van der Waals surface area (Å²) in [6, 6.07) is 14.1. The van der Waals surface area contributed by atoms with Gasteiger partial charge in [0.15, 0.2) is 17.3 Å². The van der Waals surface area contributed by atoms with Crippen molar-refractivity contribution in [1.82, 2.24) is 19.2 Å². The number of ketones is 1. The summed E-state index contributed by atoms with van der Waals surface area (Å²) in [5.74, 6) is 0.473. The van der Waals surface area contributed by atoms with Gasteiger partial charge in [0.1, 0.15) is 0 Å². The van der Waals surface area contributed by atoms with Crippen LogP contribution in [0.25, 0.3) is 16.6 Å². The Labute approximate surface area is 166 Å². The van der Waals surface area contributed by atoms with Crippen molar-refractivity contribution in [2.24, 2.45) is 0 Å². The maximum absolute atomic E-state index is 13.1. The van der Waals surface area contributed by atoms with Gasteiger partial charge in [-0.15, -0.1) is 5.10 Å². The van der Waals surface area contributed by atoms with Gasteiger partial charge in [-0.25, -0.2) is 9.78 Å². The molecule has 6 nitrogen and oxygen atoms in total. The van der Waals surface area contributed by atoms with Gasteiger partial charge in [-0.3, -0.25) is 9.36 Å².